The van der Waals surface area contributed by atoms with Crippen LogP contribution in [0.4, 0.5) is 11.5 Å². The Balaban J connectivity index is 1.85. The number of rotatable bonds is 5. The number of anilines is 1. The van der Waals surface area contributed by atoms with Crippen LogP contribution in [0.3, 0.4) is 0 Å². The summed E-state index contributed by atoms with van der Waals surface area (Å²) in [7, 11) is 0. The van der Waals surface area contributed by atoms with Gasteiger partial charge in [-0.2, -0.15) is 0 Å². The van der Waals surface area contributed by atoms with Gasteiger partial charge in [-0.1, -0.05) is 24.3 Å². The zero-order valence-corrected chi connectivity index (χ0v) is 14.8. The molecule has 4 aromatic rings. The van der Waals surface area contributed by atoms with Gasteiger partial charge in [-0.15, -0.1) is 0 Å². The van der Waals surface area contributed by atoms with Crippen LogP contribution >= 0.6 is 0 Å². The molecule has 2 aromatic carbocycles. The fraction of sp³-hybridized carbons (Fsp3) is 0.0952. The lowest BCUT2D eigenvalue weighted by Gasteiger charge is -2.16. The van der Waals surface area contributed by atoms with Crippen molar-refractivity contribution in [2.24, 2.45) is 0 Å². The highest BCUT2D eigenvalue weighted by atomic mass is 16.6. The molecule has 0 aliphatic carbocycles. The molecule has 0 fully saturated rings. The van der Waals surface area contributed by atoms with E-state index in [-0.39, 0.29) is 16.7 Å². The number of aryl methyl sites for hydroxylation is 1. The SMILES string of the molecule is Cc1[nH]c2ccccc2c1C(Nc1cccc[nH+]1)c1ccc([N+](=O)[O-])cc1. The number of nitrogens with one attached hydrogen (secondary N) is 3. The van der Waals surface area contributed by atoms with E-state index in [1.54, 1.807) is 24.3 Å². The Kier molecular flexibility index (Phi) is 4.30. The predicted octanol–water partition coefficient (Wildman–Crippen LogP) is 4.40. The first-order valence-corrected chi connectivity index (χ1v) is 8.68. The summed E-state index contributed by atoms with van der Waals surface area (Å²) >= 11 is 0. The Bertz CT molecular complexity index is 1090. The highest BCUT2D eigenvalue weighted by molar-refractivity contribution is 5.86. The Morgan fingerprint density at radius 3 is 2.48 bits per heavy atom. The maximum absolute atomic E-state index is 11.0. The number of nitrogens with zero attached hydrogens (tertiary/aromatic N) is 1. The minimum Gasteiger partial charge on any atom is -0.358 e. The molecule has 3 N–H and O–H groups in total. The highest BCUT2D eigenvalue weighted by Crippen LogP contribution is 2.34. The van der Waals surface area contributed by atoms with Crippen molar-refractivity contribution in [2.45, 2.75) is 13.0 Å². The topological polar surface area (TPSA) is 85.1 Å². The Hall–Kier alpha value is -3.67. The third-order valence-electron chi connectivity index (χ3n) is 4.68. The maximum Gasteiger partial charge on any atom is 0.272 e. The van der Waals surface area contributed by atoms with Crippen molar-refractivity contribution in [3.63, 3.8) is 0 Å². The molecule has 0 spiro atoms. The molecule has 27 heavy (non-hydrogen) atoms. The van der Waals surface area contributed by atoms with E-state index in [4.69, 9.17) is 0 Å². The Morgan fingerprint density at radius 2 is 1.78 bits per heavy atom. The van der Waals surface area contributed by atoms with Gasteiger partial charge in [0.15, 0.2) is 0 Å². The quantitative estimate of drug-likeness (QED) is 0.409. The van der Waals surface area contributed by atoms with Crippen LogP contribution in [-0.2, 0) is 0 Å². The summed E-state index contributed by atoms with van der Waals surface area (Å²) in [6, 6.07) is 20.5. The first kappa shape index (κ1) is 16.8. The molecule has 1 unspecified atom stereocenters. The second-order valence-corrected chi connectivity index (χ2v) is 6.41. The molecule has 2 heterocycles. The van der Waals surface area contributed by atoms with Gasteiger partial charge in [-0.05, 0) is 31.2 Å². The molecule has 1 atom stereocenters. The standard InChI is InChI=1S/C21H18N4O2/c1-14-20(17-6-2-3-7-18(17)23-14)21(24-19-8-4-5-13-22-19)15-9-11-16(12-10-15)25(26)27/h2-13,21,23H,1H3,(H,22,24)/p+1. The lowest BCUT2D eigenvalue weighted by molar-refractivity contribution is -0.384. The van der Waals surface area contributed by atoms with Gasteiger partial charge in [-0.3, -0.25) is 15.4 Å². The number of para-hydroxylation sites is 1. The summed E-state index contributed by atoms with van der Waals surface area (Å²) in [5.74, 6) is 0.866. The fourth-order valence-electron chi connectivity index (χ4n) is 3.42. The summed E-state index contributed by atoms with van der Waals surface area (Å²) in [5, 5.41) is 15.7. The van der Waals surface area contributed by atoms with Gasteiger partial charge < -0.3 is 4.98 Å². The second kappa shape index (κ2) is 6.92. The number of non-ortho nitro benzene ring substituents is 1. The van der Waals surface area contributed by atoms with Crippen LogP contribution in [0.15, 0.2) is 72.9 Å². The number of benzene rings is 2. The third kappa shape index (κ3) is 3.25. The molecule has 6 heteroatoms. The molecule has 0 radical (unpaired) electrons. The number of pyridine rings is 1. The average Bonchev–Trinajstić information content (AvgIpc) is 3.02. The number of hydrogen-bond donors (Lipinski definition) is 2. The van der Waals surface area contributed by atoms with Crippen molar-refractivity contribution in [2.75, 3.05) is 5.32 Å². The normalized spacial score (nSPS) is 12.0. The first-order valence-electron chi connectivity index (χ1n) is 8.68. The summed E-state index contributed by atoms with van der Waals surface area (Å²) < 4.78 is 0. The molecule has 0 aliphatic rings. The van der Waals surface area contributed by atoms with Crippen molar-refractivity contribution >= 4 is 22.4 Å². The van der Waals surface area contributed by atoms with Gasteiger partial charge >= 0.3 is 0 Å². The van der Waals surface area contributed by atoms with Crippen molar-refractivity contribution in [3.8, 4) is 0 Å². The molecule has 0 bridgehead atoms. The molecule has 0 saturated heterocycles. The molecule has 4 rings (SSSR count). The predicted molar refractivity (Wildman–Crippen MR) is 105 cm³/mol. The zero-order valence-electron chi connectivity index (χ0n) is 14.8. The summed E-state index contributed by atoms with van der Waals surface area (Å²) in [4.78, 5) is 17.3. The minimum atomic E-state index is -0.381. The summed E-state index contributed by atoms with van der Waals surface area (Å²) in [6.45, 7) is 2.05. The van der Waals surface area contributed by atoms with Crippen molar-refractivity contribution in [3.05, 3.63) is 99.9 Å². The van der Waals surface area contributed by atoms with E-state index in [1.165, 1.54) is 0 Å². The van der Waals surface area contributed by atoms with E-state index in [2.05, 4.69) is 21.4 Å². The Labute approximate surface area is 156 Å². The number of aromatic amines is 2. The van der Waals surface area contributed by atoms with Crippen LogP contribution in [-0.4, -0.2) is 9.91 Å². The average molecular weight is 359 g/mol. The van der Waals surface area contributed by atoms with E-state index >= 15 is 0 Å². The summed E-state index contributed by atoms with van der Waals surface area (Å²) in [5.41, 5.74) is 4.28. The minimum absolute atomic E-state index is 0.0828. The van der Waals surface area contributed by atoms with Gasteiger partial charge in [0.05, 0.1) is 11.1 Å². The maximum atomic E-state index is 11.0. The molecule has 0 amide bonds. The summed E-state index contributed by atoms with van der Waals surface area (Å²) in [6.07, 6.45) is 1.86. The highest BCUT2D eigenvalue weighted by Gasteiger charge is 2.25. The van der Waals surface area contributed by atoms with Gasteiger partial charge in [0.25, 0.3) is 11.5 Å². The van der Waals surface area contributed by atoms with Crippen LogP contribution in [0.2, 0.25) is 0 Å². The molecular weight excluding hydrogens is 340 g/mol. The van der Waals surface area contributed by atoms with Crippen LogP contribution in [0, 0.1) is 17.0 Å². The van der Waals surface area contributed by atoms with E-state index in [0.29, 0.717) is 0 Å². The van der Waals surface area contributed by atoms with Gasteiger partial charge in [-0.25, -0.2) is 4.98 Å². The van der Waals surface area contributed by atoms with Gasteiger partial charge in [0, 0.05) is 45.9 Å². The van der Waals surface area contributed by atoms with Crippen molar-refractivity contribution < 1.29 is 9.91 Å². The smallest absolute Gasteiger partial charge is 0.272 e. The van der Waals surface area contributed by atoms with Gasteiger partial charge in [0.2, 0.25) is 0 Å². The number of nitro benzene ring substituents is 1. The van der Waals surface area contributed by atoms with Crippen LogP contribution < -0.4 is 10.3 Å². The second-order valence-electron chi connectivity index (χ2n) is 6.41. The molecule has 2 aromatic heterocycles. The van der Waals surface area contributed by atoms with E-state index in [1.807, 2.05) is 49.5 Å². The monoisotopic (exact) mass is 359 g/mol. The molecule has 0 aliphatic heterocycles. The van der Waals surface area contributed by atoms with Crippen LogP contribution in [0.5, 0.6) is 0 Å². The van der Waals surface area contributed by atoms with Crippen LogP contribution in [0.1, 0.15) is 22.9 Å². The molecule has 134 valence electrons. The molecular formula is C21H19N4O2+. The number of hydrogen-bond acceptors (Lipinski definition) is 3. The van der Waals surface area contributed by atoms with E-state index in [9.17, 15) is 10.1 Å². The van der Waals surface area contributed by atoms with Crippen LogP contribution in [0.25, 0.3) is 10.9 Å². The largest absolute Gasteiger partial charge is 0.358 e. The zero-order chi connectivity index (χ0) is 18.8. The lowest BCUT2D eigenvalue weighted by Crippen LogP contribution is -2.19. The fourth-order valence-corrected chi connectivity index (χ4v) is 3.42. The van der Waals surface area contributed by atoms with E-state index < -0.39 is 0 Å². The third-order valence-corrected chi connectivity index (χ3v) is 4.68. The number of aromatic nitrogens is 2. The van der Waals surface area contributed by atoms with Gasteiger partial charge in [0.1, 0.15) is 6.04 Å². The van der Waals surface area contributed by atoms with E-state index in [0.717, 1.165) is 33.5 Å². The van der Waals surface area contributed by atoms with Crippen molar-refractivity contribution in [1.82, 2.24) is 4.98 Å². The number of fused-ring (bicyclic) bond motifs is 1. The first-order chi connectivity index (χ1) is 13.1. The molecule has 6 nitrogen and oxygen atoms in total. The Morgan fingerprint density at radius 1 is 1.04 bits per heavy atom. The number of nitro groups is 1. The molecule has 0 saturated carbocycles. The van der Waals surface area contributed by atoms with Crippen molar-refractivity contribution in [1.29, 1.82) is 0 Å². The lowest BCUT2D eigenvalue weighted by atomic mass is 9.95. The number of H-pyrrole nitrogens is 2.